The number of rotatable bonds is 7. The highest BCUT2D eigenvalue weighted by atomic mass is 35.5. The molecule has 9 nitrogen and oxygen atoms in total. The molecule has 5 rings (SSSR count). The van der Waals surface area contributed by atoms with Crippen LogP contribution in [0.15, 0.2) is 66.9 Å². The summed E-state index contributed by atoms with van der Waals surface area (Å²) in [5, 5.41) is 21.1. The van der Waals surface area contributed by atoms with Crippen molar-refractivity contribution in [3.05, 3.63) is 99.3 Å². The van der Waals surface area contributed by atoms with E-state index < -0.39 is 29.8 Å². The summed E-state index contributed by atoms with van der Waals surface area (Å²) < 4.78 is 0. The van der Waals surface area contributed by atoms with E-state index in [2.05, 4.69) is 10.3 Å². The Hall–Kier alpha value is -3.50. The van der Waals surface area contributed by atoms with Gasteiger partial charge in [-0.05, 0) is 54.3 Å². The van der Waals surface area contributed by atoms with E-state index in [9.17, 15) is 14.4 Å². The summed E-state index contributed by atoms with van der Waals surface area (Å²) in [4.78, 5) is 45.4. The van der Waals surface area contributed by atoms with Gasteiger partial charge in [0.2, 0.25) is 11.8 Å². The molecule has 5 N–H and O–H groups in total. The van der Waals surface area contributed by atoms with Crippen LogP contribution in [0.3, 0.4) is 0 Å². The van der Waals surface area contributed by atoms with E-state index >= 15 is 0 Å². The van der Waals surface area contributed by atoms with Crippen molar-refractivity contribution in [1.29, 1.82) is 0 Å². The molecule has 0 spiro atoms. The van der Waals surface area contributed by atoms with Crippen molar-refractivity contribution in [2.45, 2.75) is 50.3 Å². The van der Waals surface area contributed by atoms with Crippen molar-refractivity contribution in [3.8, 4) is 0 Å². The molecule has 4 unspecified atom stereocenters. The summed E-state index contributed by atoms with van der Waals surface area (Å²) in [7, 11) is 0. The Balaban J connectivity index is 0.000000437. The number of amides is 3. The normalized spacial score (nSPS) is 21.5. The molecule has 3 amide bonds. The van der Waals surface area contributed by atoms with Gasteiger partial charge >= 0.3 is 0 Å². The Bertz CT molecular complexity index is 1410. The number of fused-ring (bicyclic) bond motifs is 1. The van der Waals surface area contributed by atoms with Crippen LogP contribution in [-0.2, 0) is 16.2 Å². The molecule has 1 fully saturated rings. The van der Waals surface area contributed by atoms with E-state index in [0.29, 0.717) is 45.3 Å². The standard InChI is InChI=1S/C25H27Cl2N3O4.C6H7NO/c26-14-9-10-17(19(27)13-14)22-21(23(28)32)15-5-1-2-6-16(15)25(34)30(22)20-8-4-3-7-18(20)24(33)29-11-12-31;8-5-6-3-1-2-4-7-6/h1-2,5-6,9-10,13,18,20-22,31H,3-4,7-8,11-12H2,(H2,28,32)(H,29,33);1-4,8H,5H2. The Labute approximate surface area is 254 Å². The molecule has 1 saturated carbocycles. The zero-order valence-corrected chi connectivity index (χ0v) is 24.5. The number of aliphatic hydroxyl groups excluding tert-OH is 2. The van der Waals surface area contributed by atoms with Crippen molar-refractivity contribution in [2.75, 3.05) is 13.2 Å². The molecular formula is C31H34Cl2N4O5. The number of nitrogens with two attached hydrogens (primary N) is 1. The van der Waals surface area contributed by atoms with Crippen LogP contribution in [0.25, 0.3) is 0 Å². The van der Waals surface area contributed by atoms with Gasteiger partial charge in [-0.2, -0.15) is 0 Å². The first-order valence-corrected chi connectivity index (χ1v) is 14.6. The Morgan fingerprint density at radius 1 is 1.00 bits per heavy atom. The number of carbonyl (C=O) groups excluding carboxylic acids is 3. The van der Waals surface area contributed by atoms with Gasteiger partial charge in [0.1, 0.15) is 0 Å². The van der Waals surface area contributed by atoms with Crippen molar-refractivity contribution in [2.24, 2.45) is 11.7 Å². The average Bonchev–Trinajstić information content (AvgIpc) is 3.00. The third kappa shape index (κ3) is 6.93. The van der Waals surface area contributed by atoms with Crippen LogP contribution in [0.2, 0.25) is 10.0 Å². The number of carbonyl (C=O) groups is 3. The SMILES string of the molecule is NC(=O)C1c2ccccc2C(=O)N(C2CCCCC2C(=O)NCCO)C1c1ccc(Cl)cc1Cl.OCc1ccccn1. The summed E-state index contributed by atoms with van der Waals surface area (Å²) >= 11 is 12.7. The number of halogens is 2. The highest BCUT2D eigenvalue weighted by Crippen LogP contribution is 2.48. The molecule has 1 aliphatic heterocycles. The Morgan fingerprint density at radius 2 is 1.74 bits per heavy atom. The molecule has 1 aliphatic carbocycles. The number of benzene rings is 2. The van der Waals surface area contributed by atoms with Crippen LogP contribution >= 0.6 is 23.2 Å². The number of nitrogens with one attached hydrogen (secondary N) is 1. The van der Waals surface area contributed by atoms with E-state index in [1.54, 1.807) is 59.6 Å². The van der Waals surface area contributed by atoms with Crippen molar-refractivity contribution >= 4 is 40.9 Å². The van der Waals surface area contributed by atoms with Gasteiger partial charge in [-0.15, -0.1) is 0 Å². The van der Waals surface area contributed by atoms with Gasteiger partial charge in [0.25, 0.3) is 5.91 Å². The van der Waals surface area contributed by atoms with Gasteiger partial charge in [0.15, 0.2) is 0 Å². The maximum atomic E-state index is 14.0. The van der Waals surface area contributed by atoms with Crippen molar-refractivity contribution in [3.63, 3.8) is 0 Å². The first-order chi connectivity index (χ1) is 20.3. The van der Waals surface area contributed by atoms with Crippen LogP contribution in [0.5, 0.6) is 0 Å². The number of pyridine rings is 1. The summed E-state index contributed by atoms with van der Waals surface area (Å²) in [5.74, 6) is -2.41. The Morgan fingerprint density at radius 3 is 2.38 bits per heavy atom. The molecule has 0 saturated heterocycles. The fourth-order valence-electron chi connectivity index (χ4n) is 5.85. The van der Waals surface area contributed by atoms with E-state index in [0.717, 1.165) is 12.8 Å². The molecule has 1 aromatic heterocycles. The second kappa shape index (κ2) is 14.6. The molecular weight excluding hydrogens is 579 g/mol. The fraction of sp³-hybridized carbons (Fsp3) is 0.355. The largest absolute Gasteiger partial charge is 0.395 e. The zero-order valence-electron chi connectivity index (χ0n) is 23.0. The van der Waals surface area contributed by atoms with Crippen LogP contribution in [-0.4, -0.2) is 57.0 Å². The lowest BCUT2D eigenvalue weighted by molar-refractivity contribution is -0.129. The molecule has 0 bridgehead atoms. The predicted molar refractivity (Wildman–Crippen MR) is 160 cm³/mol. The molecule has 42 heavy (non-hydrogen) atoms. The summed E-state index contributed by atoms with van der Waals surface area (Å²) in [6.45, 7) is -0.0120. The topological polar surface area (TPSA) is 146 Å². The van der Waals surface area contributed by atoms with Gasteiger partial charge in [0, 0.05) is 34.4 Å². The van der Waals surface area contributed by atoms with Gasteiger partial charge < -0.3 is 26.2 Å². The second-order valence-corrected chi connectivity index (χ2v) is 11.1. The predicted octanol–water partition coefficient (Wildman–Crippen LogP) is 4.00. The number of primary amides is 1. The smallest absolute Gasteiger partial charge is 0.254 e. The molecule has 2 heterocycles. The maximum absolute atomic E-state index is 14.0. The number of hydrogen-bond donors (Lipinski definition) is 4. The first-order valence-electron chi connectivity index (χ1n) is 13.8. The summed E-state index contributed by atoms with van der Waals surface area (Å²) in [6, 6.07) is 16.1. The average molecular weight is 614 g/mol. The maximum Gasteiger partial charge on any atom is 0.254 e. The minimum absolute atomic E-state index is 0.0286. The van der Waals surface area contributed by atoms with Crippen LogP contribution in [0.4, 0.5) is 0 Å². The molecule has 222 valence electrons. The summed E-state index contributed by atoms with van der Waals surface area (Å²) in [6.07, 6.45) is 4.53. The van der Waals surface area contributed by atoms with E-state index in [1.807, 2.05) is 12.1 Å². The van der Waals surface area contributed by atoms with Gasteiger partial charge in [-0.25, -0.2) is 0 Å². The fourth-order valence-corrected chi connectivity index (χ4v) is 6.37. The van der Waals surface area contributed by atoms with Crippen LogP contribution < -0.4 is 11.1 Å². The van der Waals surface area contributed by atoms with Crippen molar-refractivity contribution < 1.29 is 24.6 Å². The van der Waals surface area contributed by atoms with E-state index in [-0.39, 0.29) is 31.6 Å². The second-order valence-electron chi connectivity index (χ2n) is 10.2. The number of aromatic nitrogens is 1. The molecule has 3 aromatic rings. The third-order valence-corrected chi connectivity index (χ3v) is 8.25. The minimum atomic E-state index is -0.851. The lowest BCUT2D eigenvalue weighted by Crippen LogP contribution is -2.56. The van der Waals surface area contributed by atoms with Crippen LogP contribution in [0.1, 0.15) is 64.8 Å². The molecule has 11 heteroatoms. The molecule has 2 aromatic carbocycles. The van der Waals surface area contributed by atoms with Crippen molar-refractivity contribution in [1.82, 2.24) is 15.2 Å². The highest BCUT2D eigenvalue weighted by Gasteiger charge is 2.49. The zero-order chi connectivity index (χ0) is 30.2. The van der Waals surface area contributed by atoms with Crippen LogP contribution in [0, 0.1) is 5.92 Å². The first kappa shape index (κ1) is 31.4. The third-order valence-electron chi connectivity index (χ3n) is 7.69. The quantitative estimate of drug-likeness (QED) is 0.317. The Kier molecular flexibility index (Phi) is 10.9. The molecule has 0 radical (unpaired) electrons. The summed E-state index contributed by atoms with van der Waals surface area (Å²) in [5.41, 5.74) is 8.14. The number of aliphatic hydroxyl groups is 2. The van der Waals surface area contributed by atoms with Gasteiger partial charge in [-0.3, -0.25) is 19.4 Å². The van der Waals surface area contributed by atoms with E-state index in [1.165, 1.54) is 0 Å². The highest BCUT2D eigenvalue weighted by molar-refractivity contribution is 6.35. The lowest BCUT2D eigenvalue weighted by Gasteiger charge is -2.48. The molecule has 4 atom stereocenters. The number of hydrogen-bond acceptors (Lipinski definition) is 6. The number of nitrogens with zero attached hydrogens (tertiary/aromatic N) is 2. The molecule has 2 aliphatic rings. The van der Waals surface area contributed by atoms with E-state index in [4.69, 9.17) is 39.1 Å². The van der Waals surface area contributed by atoms with Gasteiger partial charge in [-0.1, -0.05) is 66.4 Å². The minimum Gasteiger partial charge on any atom is -0.395 e. The van der Waals surface area contributed by atoms with Gasteiger partial charge in [0.05, 0.1) is 36.8 Å². The lowest BCUT2D eigenvalue weighted by atomic mass is 9.75. The monoisotopic (exact) mass is 612 g/mol.